The van der Waals surface area contributed by atoms with Gasteiger partial charge in [-0.2, -0.15) is 0 Å². The van der Waals surface area contributed by atoms with Crippen molar-refractivity contribution in [2.45, 2.75) is 70.6 Å². The molecule has 3 nitrogen and oxygen atoms in total. The molecule has 18 heavy (non-hydrogen) atoms. The number of aliphatic hydroxyl groups excluding tert-OH is 1. The molecule has 3 heteroatoms. The van der Waals surface area contributed by atoms with Gasteiger partial charge in [-0.3, -0.25) is 4.90 Å². The maximum atomic E-state index is 10.1. The molecule has 2 unspecified atom stereocenters. The molecule has 0 amide bonds. The van der Waals surface area contributed by atoms with Crippen LogP contribution in [0.5, 0.6) is 0 Å². The van der Waals surface area contributed by atoms with Crippen molar-refractivity contribution in [3.63, 3.8) is 0 Å². The van der Waals surface area contributed by atoms with Crippen LogP contribution in [-0.4, -0.2) is 47.8 Å². The van der Waals surface area contributed by atoms with Crippen molar-refractivity contribution in [1.82, 2.24) is 10.2 Å². The van der Waals surface area contributed by atoms with Crippen molar-refractivity contribution in [2.24, 2.45) is 5.92 Å². The van der Waals surface area contributed by atoms with Gasteiger partial charge in [0.15, 0.2) is 0 Å². The standard InChI is InChI=1S/C15H30N2O/c1-12(2)16-11-13-7-9-17(10-8-13)14-5-3-4-6-15(14)18/h12-16,18H,3-11H2,1-2H3. The van der Waals surface area contributed by atoms with E-state index < -0.39 is 0 Å². The molecule has 0 aromatic carbocycles. The Morgan fingerprint density at radius 3 is 2.39 bits per heavy atom. The normalized spacial score (nSPS) is 32.0. The lowest BCUT2D eigenvalue weighted by molar-refractivity contribution is 0.00400. The van der Waals surface area contributed by atoms with Crippen LogP contribution in [0.3, 0.4) is 0 Å². The molecule has 2 rings (SSSR count). The Balaban J connectivity index is 1.72. The first kappa shape index (κ1) is 14.3. The van der Waals surface area contributed by atoms with E-state index in [0.717, 1.165) is 12.3 Å². The largest absolute Gasteiger partial charge is 0.391 e. The summed E-state index contributed by atoms with van der Waals surface area (Å²) in [7, 11) is 0. The van der Waals surface area contributed by atoms with Gasteiger partial charge in [-0.1, -0.05) is 26.7 Å². The highest BCUT2D eigenvalue weighted by Crippen LogP contribution is 2.27. The molecule has 1 saturated carbocycles. The third kappa shape index (κ3) is 3.94. The minimum Gasteiger partial charge on any atom is -0.391 e. The molecule has 1 saturated heterocycles. The summed E-state index contributed by atoms with van der Waals surface area (Å²) < 4.78 is 0. The predicted molar refractivity (Wildman–Crippen MR) is 75.7 cm³/mol. The van der Waals surface area contributed by atoms with Gasteiger partial charge in [-0.25, -0.2) is 0 Å². The zero-order valence-corrected chi connectivity index (χ0v) is 12.1. The van der Waals surface area contributed by atoms with E-state index in [0.29, 0.717) is 12.1 Å². The summed E-state index contributed by atoms with van der Waals surface area (Å²) in [6.45, 7) is 7.97. The summed E-state index contributed by atoms with van der Waals surface area (Å²) in [4.78, 5) is 2.55. The predicted octanol–water partition coefficient (Wildman–Crippen LogP) is 2.00. The van der Waals surface area contributed by atoms with Gasteiger partial charge in [0.2, 0.25) is 0 Å². The third-order valence-corrected chi connectivity index (χ3v) is 4.63. The maximum Gasteiger partial charge on any atom is 0.0695 e. The average molecular weight is 254 g/mol. The molecule has 2 N–H and O–H groups in total. The third-order valence-electron chi connectivity index (χ3n) is 4.63. The minimum atomic E-state index is -0.0657. The van der Waals surface area contributed by atoms with Crippen molar-refractivity contribution in [2.75, 3.05) is 19.6 Å². The number of hydrogen-bond acceptors (Lipinski definition) is 3. The highest BCUT2D eigenvalue weighted by atomic mass is 16.3. The average Bonchev–Trinajstić information content (AvgIpc) is 2.38. The lowest BCUT2D eigenvalue weighted by Crippen LogP contribution is -2.49. The number of aliphatic hydroxyl groups is 1. The van der Waals surface area contributed by atoms with Gasteiger partial charge >= 0.3 is 0 Å². The first-order chi connectivity index (χ1) is 8.66. The van der Waals surface area contributed by atoms with E-state index >= 15 is 0 Å². The van der Waals surface area contributed by atoms with E-state index in [9.17, 15) is 5.11 Å². The zero-order chi connectivity index (χ0) is 13.0. The van der Waals surface area contributed by atoms with Crippen molar-refractivity contribution >= 4 is 0 Å². The second-order valence-corrected chi connectivity index (χ2v) is 6.46. The lowest BCUT2D eigenvalue weighted by Gasteiger charge is -2.41. The van der Waals surface area contributed by atoms with Crippen molar-refractivity contribution in [3.05, 3.63) is 0 Å². The first-order valence-corrected chi connectivity index (χ1v) is 7.82. The maximum absolute atomic E-state index is 10.1. The number of likely N-dealkylation sites (tertiary alicyclic amines) is 1. The summed E-state index contributed by atoms with van der Waals surface area (Å²) in [5, 5.41) is 13.7. The molecule has 0 radical (unpaired) electrons. The number of nitrogens with one attached hydrogen (secondary N) is 1. The number of nitrogens with zero attached hydrogens (tertiary/aromatic N) is 1. The van der Waals surface area contributed by atoms with Gasteiger partial charge in [0.05, 0.1) is 6.10 Å². The van der Waals surface area contributed by atoms with E-state index in [1.54, 1.807) is 0 Å². The van der Waals surface area contributed by atoms with Crippen LogP contribution in [0, 0.1) is 5.92 Å². The van der Waals surface area contributed by atoms with Gasteiger partial charge in [0, 0.05) is 12.1 Å². The SMILES string of the molecule is CC(C)NCC1CCN(C2CCCCC2O)CC1. The summed E-state index contributed by atoms with van der Waals surface area (Å²) in [5.41, 5.74) is 0. The van der Waals surface area contributed by atoms with E-state index in [1.807, 2.05) is 0 Å². The molecule has 0 aromatic heterocycles. The molecule has 0 bridgehead atoms. The number of piperidine rings is 1. The molecule has 106 valence electrons. The Labute approximate surface area is 112 Å². The first-order valence-electron chi connectivity index (χ1n) is 7.82. The van der Waals surface area contributed by atoms with Gasteiger partial charge in [0.1, 0.15) is 0 Å². The van der Waals surface area contributed by atoms with Gasteiger partial charge < -0.3 is 10.4 Å². The Bertz CT molecular complexity index is 237. The van der Waals surface area contributed by atoms with E-state index in [-0.39, 0.29) is 6.10 Å². The minimum absolute atomic E-state index is 0.0657. The molecular weight excluding hydrogens is 224 g/mol. The van der Waals surface area contributed by atoms with Crippen LogP contribution in [0.2, 0.25) is 0 Å². The van der Waals surface area contributed by atoms with Crippen LogP contribution in [-0.2, 0) is 0 Å². The van der Waals surface area contributed by atoms with Crippen molar-refractivity contribution < 1.29 is 5.11 Å². The molecule has 1 heterocycles. The zero-order valence-electron chi connectivity index (χ0n) is 12.1. The van der Waals surface area contributed by atoms with Gasteiger partial charge in [-0.15, -0.1) is 0 Å². The molecule has 2 fully saturated rings. The number of rotatable bonds is 4. The van der Waals surface area contributed by atoms with Gasteiger partial charge in [-0.05, 0) is 51.2 Å². The molecule has 0 spiro atoms. The van der Waals surface area contributed by atoms with Crippen LogP contribution < -0.4 is 5.32 Å². The summed E-state index contributed by atoms with van der Waals surface area (Å²) in [5.74, 6) is 0.837. The number of hydrogen-bond donors (Lipinski definition) is 2. The van der Waals surface area contributed by atoms with Crippen LogP contribution in [0.15, 0.2) is 0 Å². The topological polar surface area (TPSA) is 35.5 Å². The second kappa shape index (κ2) is 6.88. The fourth-order valence-corrected chi connectivity index (χ4v) is 3.41. The second-order valence-electron chi connectivity index (χ2n) is 6.46. The summed E-state index contributed by atoms with van der Waals surface area (Å²) in [6.07, 6.45) is 7.26. The van der Waals surface area contributed by atoms with Crippen molar-refractivity contribution in [3.8, 4) is 0 Å². The van der Waals surface area contributed by atoms with Crippen LogP contribution in [0.1, 0.15) is 52.4 Å². The lowest BCUT2D eigenvalue weighted by atomic mass is 9.88. The summed E-state index contributed by atoms with van der Waals surface area (Å²) >= 11 is 0. The Kier molecular flexibility index (Phi) is 5.46. The molecule has 1 aliphatic heterocycles. The Morgan fingerprint density at radius 2 is 1.78 bits per heavy atom. The van der Waals surface area contributed by atoms with E-state index in [4.69, 9.17) is 0 Å². The molecule has 2 atom stereocenters. The fraction of sp³-hybridized carbons (Fsp3) is 1.00. The molecular formula is C15H30N2O. The highest BCUT2D eigenvalue weighted by molar-refractivity contribution is 4.86. The van der Waals surface area contributed by atoms with Gasteiger partial charge in [0.25, 0.3) is 0 Å². The quantitative estimate of drug-likeness (QED) is 0.805. The van der Waals surface area contributed by atoms with Crippen LogP contribution in [0.25, 0.3) is 0 Å². The van der Waals surface area contributed by atoms with Crippen molar-refractivity contribution in [1.29, 1.82) is 0 Å². The fourth-order valence-electron chi connectivity index (χ4n) is 3.41. The molecule has 2 aliphatic rings. The monoisotopic (exact) mass is 254 g/mol. The van der Waals surface area contributed by atoms with Crippen LogP contribution >= 0.6 is 0 Å². The van der Waals surface area contributed by atoms with E-state index in [1.165, 1.54) is 51.7 Å². The molecule has 0 aromatic rings. The van der Waals surface area contributed by atoms with E-state index in [2.05, 4.69) is 24.1 Å². The Hall–Kier alpha value is -0.120. The van der Waals surface area contributed by atoms with Crippen LogP contribution in [0.4, 0.5) is 0 Å². The molecule has 1 aliphatic carbocycles. The highest BCUT2D eigenvalue weighted by Gasteiger charge is 2.31. The smallest absolute Gasteiger partial charge is 0.0695 e. The summed E-state index contributed by atoms with van der Waals surface area (Å²) in [6, 6.07) is 1.06. The Morgan fingerprint density at radius 1 is 1.11 bits per heavy atom.